The molecular formula is C18H26N2. The Morgan fingerprint density at radius 3 is 2.80 bits per heavy atom. The van der Waals surface area contributed by atoms with Gasteiger partial charge in [0.15, 0.2) is 0 Å². The van der Waals surface area contributed by atoms with Crippen molar-refractivity contribution < 1.29 is 0 Å². The van der Waals surface area contributed by atoms with Gasteiger partial charge in [-0.15, -0.1) is 0 Å². The lowest BCUT2D eigenvalue weighted by Crippen LogP contribution is -2.20. The van der Waals surface area contributed by atoms with Gasteiger partial charge in [-0.3, -0.25) is 0 Å². The average molecular weight is 270 g/mol. The lowest BCUT2D eigenvalue weighted by Gasteiger charge is -2.26. The summed E-state index contributed by atoms with van der Waals surface area (Å²) < 4.78 is 2.57. The van der Waals surface area contributed by atoms with E-state index in [0.717, 1.165) is 12.5 Å². The van der Waals surface area contributed by atoms with E-state index in [1.807, 2.05) is 0 Å². The third-order valence-corrected chi connectivity index (χ3v) is 4.73. The van der Waals surface area contributed by atoms with Crippen molar-refractivity contribution in [2.24, 2.45) is 0 Å². The monoisotopic (exact) mass is 270 g/mol. The van der Waals surface area contributed by atoms with Crippen LogP contribution in [0.5, 0.6) is 0 Å². The van der Waals surface area contributed by atoms with Crippen LogP contribution < -0.4 is 0 Å². The van der Waals surface area contributed by atoms with E-state index in [1.165, 1.54) is 43.1 Å². The standard InChI is InChI=1S/C18H26N2/c1-4-20-17-11-6-5-9-15(17)16-10-7-8-14(18(16)20)12-13-19(2)3/h5-6,9,11,14H,4,7-8,10,12-13H2,1-3H3/t14-/m0/s1. The number of fused-ring (bicyclic) bond motifs is 3. The molecule has 0 unspecified atom stereocenters. The Morgan fingerprint density at radius 1 is 1.25 bits per heavy atom. The molecule has 0 radical (unpaired) electrons. The van der Waals surface area contributed by atoms with E-state index in [9.17, 15) is 0 Å². The average Bonchev–Trinajstić information content (AvgIpc) is 2.79. The van der Waals surface area contributed by atoms with Gasteiger partial charge >= 0.3 is 0 Å². The Bertz CT molecular complexity index is 562. The summed E-state index contributed by atoms with van der Waals surface area (Å²) in [6, 6.07) is 8.97. The van der Waals surface area contributed by atoms with E-state index in [1.54, 1.807) is 11.3 Å². The third kappa shape index (κ3) is 2.26. The van der Waals surface area contributed by atoms with Crippen LogP contribution >= 0.6 is 0 Å². The van der Waals surface area contributed by atoms with Gasteiger partial charge in [0.05, 0.1) is 0 Å². The van der Waals surface area contributed by atoms with Crippen molar-refractivity contribution in [3.05, 3.63) is 35.5 Å². The van der Waals surface area contributed by atoms with Gasteiger partial charge < -0.3 is 9.47 Å². The number of benzene rings is 1. The lowest BCUT2D eigenvalue weighted by atomic mass is 9.84. The minimum absolute atomic E-state index is 0.744. The molecule has 0 bridgehead atoms. The van der Waals surface area contributed by atoms with Crippen LogP contribution in [0.25, 0.3) is 10.9 Å². The zero-order valence-corrected chi connectivity index (χ0v) is 13.0. The molecule has 1 aliphatic carbocycles. The SMILES string of the molecule is CCn1c2c(c3ccccc31)CCC[C@H]2CCN(C)C. The second-order valence-corrected chi connectivity index (χ2v) is 6.31. The largest absolute Gasteiger partial charge is 0.344 e. The van der Waals surface area contributed by atoms with Gasteiger partial charge in [-0.05, 0) is 64.9 Å². The number of aromatic nitrogens is 1. The van der Waals surface area contributed by atoms with Crippen molar-refractivity contribution in [3.63, 3.8) is 0 Å². The highest BCUT2D eigenvalue weighted by molar-refractivity contribution is 5.86. The van der Waals surface area contributed by atoms with Crippen molar-refractivity contribution >= 4 is 10.9 Å². The van der Waals surface area contributed by atoms with Gasteiger partial charge in [-0.2, -0.15) is 0 Å². The molecule has 2 aromatic rings. The minimum atomic E-state index is 0.744. The van der Waals surface area contributed by atoms with Gasteiger partial charge in [-0.1, -0.05) is 18.2 Å². The minimum Gasteiger partial charge on any atom is -0.344 e. The molecule has 3 rings (SSSR count). The van der Waals surface area contributed by atoms with Crippen LogP contribution in [-0.2, 0) is 13.0 Å². The molecule has 2 heteroatoms. The highest BCUT2D eigenvalue weighted by Crippen LogP contribution is 2.40. The van der Waals surface area contributed by atoms with Crippen LogP contribution in [0, 0.1) is 0 Å². The molecule has 0 saturated heterocycles. The molecule has 1 aromatic heterocycles. The smallest absolute Gasteiger partial charge is 0.0485 e. The van der Waals surface area contributed by atoms with E-state index < -0.39 is 0 Å². The van der Waals surface area contributed by atoms with E-state index >= 15 is 0 Å². The maximum absolute atomic E-state index is 2.57. The van der Waals surface area contributed by atoms with E-state index in [4.69, 9.17) is 0 Å². The van der Waals surface area contributed by atoms with Crippen LogP contribution in [0.1, 0.15) is 43.4 Å². The maximum Gasteiger partial charge on any atom is 0.0485 e. The molecule has 0 N–H and O–H groups in total. The summed E-state index contributed by atoms with van der Waals surface area (Å²) in [7, 11) is 4.36. The van der Waals surface area contributed by atoms with Gasteiger partial charge in [-0.25, -0.2) is 0 Å². The number of hydrogen-bond donors (Lipinski definition) is 0. The first-order valence-electron chi connectivity index (χ1n) is 7.97. The van der Waals surface area contributed by atoms with E-state index in [-0.39, 0.29) is 0 Å². The number of hydrogen-bond acceptors (Lipinski definition) is 1. The topological polar surface area (TPSA) is 8.17 Å². The normalized spacial score (nSPS) is 18.7. The number of aryl methyl sites for hydroxylation is 2. The van der Waals surface area contributed by atoms with Crippen molar-refractivity contribution in [2.45, 2.75) is 45.1 Å². The highest BCUT2D eigenvalue weighted by Gasteiger charge is 2.26. The molecule has 108 valence electrons. The molecule has 0 aliphatic heterocycles. The first kappa shape index (κ1) is 13.7. The molecule has 1 aromatic carbocycles. The second-order valence-electron chi connectivity index (χ2n) is 6.31. The fraction of sp³-hybridized carbons (Fsp3) is 0.556. The molecule has 0 amide bonds. The Balaban J connectivity index is 2.07. The zero-order valence-electron chi connectivity index (χ0n) is 13.0. The molecule has 1 atom stereocenters. The predicted octanol–water partition coefficient (Wildman–Crippen LogP) is 4.03. The number of para-hydroxylation sites is 1. The van der Waals surface area contributed by atoms with Gasteiger partial charge in [0.25, 0.3) is 0 Å². The fourth-order valence-corrected chi connectivity index (χ4v) is 3.82. The molecule has 0 spiro atoms. The van der Waals surface area contributed by atoms with Crippen LogP contribution in [0.4, 0.5) is 0 Å². The van der Waals surface area contributed by atoms with Crippen molar-refractivity contribution in [1.29, 1.82) is 0 Å². The summed E-state index contributed by atoms with van der Waals surface area (Å²) in [5, 5.41) is 1.50. The summed E-state index contributed by atoms with van der Waals surface area (Å²) in [5.41, 5.74) is 4.72. The maximum atomic E-state index is 2.57. The highest BCUT2D eigenvalue weighted by atomic mass is 15.1. The summed E-state index contributed by atoms with van der Waals surface area (Å²) >= 11 is 0. The van der Waals surface area contributed by atoms with Crippen LogP contribution in [0.3, 0.4) is 0 Å². The van der Waals surface area contributed by atoms with Gasteiger partial charge in [0.2, 0.25) is 0 Å². The summed E-state index contributed by atoms with van der Waals surface area (Å²) in [5.74, 6) is 0.744. The summed E-state index contributed by atoms with van der Waals surface area (Å²) in [6.45, 7) is 4.56. The third-order valence-electron chi connectivity index (χ3n) is 4.73. The lowest BCUT2D eigenvalue weighted by molar-refractivity contribution is 0.362. The van der Waals surface area contributed by atoms with Crippen LogP contribution in [0.2, 0.25) is 0 Å². The van der Waals surface area contributed by atoms with Crippen LogP contribution in [-0.4, -0.2) is 30.1 Å². The zero-order chi connectivity index (χ0) is 14.1. The Kier molecular flexibility index (Phi) is 3.84. The quantitative estimate of drug-likeness (QED) is 0.814. The molecule has 2 nitrogen and oxygen atoms in total. The molecule has 1 heterocycles. The predicted molar refractivity (Wildman–Crippen MR) is 86.5 cm³/mol. The molecule has 0 saturated carbocycles. The van der Waals surface area contributed by atoms with Crippen molar-refractivity contribution in [3.8, 4) is 0 Å². The Hall–Kier alpha value is -1.28. The van der Waals surface area contributed by atoms with Crippen LogP contribution in [0.15, 0.2) is 24.3 Å². The van der Waals surface area contributed by atoms with Crippen molar-refractivity contribution in [1.82, 2.24) is 9.47 Å². The molecule has 0 fully saturated rings. The summed E-state index contributed by atoms with van der Waals surface area (Å²) in [4.78, 5) is 2.31. The molecule has 1 aliphatic rings. The summed E-state index contributed by atoms with van der Waals surface area (Å²) in [6.07, 6.45) is 5.26. The molecule has 20 heavy (non-hydrogen) atoms. The Labute approximate surface area is 122 Å². The van der Waals surface area contributed by atoms with E-state index in [0.29, 0.717) is 0 Å². The fourth-order valence-electron chi connectivity index (χ4n) is 3.82. The first-order chi connectivity index (χ1) is 9.72. The van der Waals surface area contributed by atoms with E-state index in [2.05, 4.69) is 54.8 Å². The van der Waals surface area contributed by atoms with Gasteiger partial charge in [0, 0.05) is 29.1 Å². The Morgan fingerprint density at radius 2 is 2.05 bits per heavy atom. The second kappa shape index (κ2) is 5.61. The number of nitrogens with zero attached hydrogens (tertiary/aromatic N) is 2. The first-order valence-corrected chi connectivity index (χ1v) is 7.97. The number of rotatable bonds is 4. The van der Waals surface area contributed by atoms with Crippen molar-refractivity contribution in [2.75, 3.05) is 20.6 Å². The van der Waals surface area contributed by atoms with Gasteiger partial charge in [0.1, 0.15) is 0 Å². The molecular weight excluding hydrogens is 244 g/mol.